The Bertz CT molecular complexity index is 511. The summed E-state index contributed by atoms with van der Waals surface area (Å²) in [4.78, 5) is 5.66. The molecule has 2 rings (SSSR count). The van der Waals surface area contributed by atoms with E-state index in [1.54, 1.807) is 11.8 Å². The molecular weight excluding hydrogens is 320 g/mol. The molecule has 0 amide bonds. The maximum atomic E-state index is 4.36. The van der Waals surface area contributed by atoms with Crippen LogP contribution < -0.4 is 5.32 Å². The minimum Gasteiger partial charge on any atom is -0.305 e. The van der Waals surface area contributed by atoms with E-state index in [1.807, 2.05) is 18.3 Å². The second kappa shape index (κ2) is 7.08. The first-order chi connectivity index (χ1) is 9.19. The van der Waals surface area contributed by atoms with Gasteiger partial charge in [-0.3, -0.25) is 4.98 Å². The SMILES string of the molecule is CSc1ccc(C(C)NCc2ccc(Br)cn2)cc1. The highest BCUT2D eigenvalue weighted by Gasteiger charge is 2.05. The quantitative estimate of drug-likeness (QED) is 0.818. The smallest absolute Gasteiger partial charge is 0.0542 e. The summed E-state index contributed by atoms with van der Waals surface area (Å²) in [6.45, 7) is 2.95. The van der Waals surface area contributed by atoms with E-state index in [0.717, 1.165) is 16.7 Å². The second-order valence-corrected chi connectivity index (χ2v) is 6.14. The molecule has 0 aliphatic carbocycles. The van der Waals surface area contributed by atoms with E-state index >= 15 is 0 Å². The topological polar surface area (TPSA) is 24.9 Å². The van der Waals surface area contributed by atoms with Gasteiger partial charge >= 0.3 is 0 Å². The Hall–Kier alpha value is -0.840. The van der Waals surface area contributed by atoms with E-state index < -0.39 is 0 Å². The summed E-state index contributed by atoms with van der Waals surface area (Å²) in [6, 6.07) is 13.0. The second-order valence-electron chi connectivity index (χ2n) is 4.34. The van der Waals surface area contributed by atoms with Crippen LogP contribution in [0.1, 0.15) is 24.2 Å². The van der Waals surface area contributed by atoms with E-state index in [2.05, 4.69) is 63.7 Å². The monoisotopic (exact) mass is 336 g/mol. The van der Waals surface area contributed by atoms with Crippen molar-refractivity contribution in [1.29, 1.82) is 0 Å². The largest absolute Gasteiger partial charge is 0.305 e. The van der Waals surface area contributed by atoms with Crippen LogP contribution in [0.4, 0.5) is 0 Å². The molecule has 19 heavy (non-hydrogen) atoms. The fourth-order valence-corrected chi connectivity index (χ4v) is 2.42. The molecule has 1 aromatic carbocycles. The van der Waals surface area contributed by atoms with Gasteiger partial charge in [0.05, 0.1) is 5.69 Å². The lowest BCUT2D eigenvalue weighted by molar-refractivity contribution is 0.567. The van der Waals surface area contributed by atoms with Gasteiger partial charge in [-0.2, -0.15) is 0 Å². The van der Waals surface area contributed by atoms with Gasteiger partial charge in [-0.15, -0.1) is 11.8 Å². The Morgan fingerprint density at radius 2 is 1.95 bits per heavy atom. The Morgan fingerprint density at radius 1 is 1.21 bits per heavy atom. The lowest BCUT2D eigenvalue weighted by atomic mass is 10.1. The molecule has 1 aromatic heterocycles. The molecule has 4 heteroatoms. The molecular formula is C15H17BrN2S. The number of aromatic nitrogens is 1. The van der Waals surface area contributed by atoms with Crippen LogP contribution in [0.3, 0.4) is 0 Å². The van der Waals surface area contributed by atoms with Gasteiger partial charge < -0.3 is 5.32 Å². The van der Waals surface area contributed by atoms with E-state index in [0.29, 0.717) is 6.04 Å². The van der Waals surface area contributed by atoms with Crippen LogP contribution >= 0.6 is 27.7 Å². The summed E-state index contributed by atoms with van der Waals surface area (Å²) in [5.74, 6) is 0. The van der Waals surface area contributed by atoms with Crippen molar-refractivity contribution in [3.63, 3.8) is 0 Å². The third-order valence-electron chi connectivity index (χ3n) is 2.99. The number of hydrogen-bond donors (Lipinski definition) is 1. The van der Waals surface area contributed by atoms with Crippen LogP contribution in [0.2, 0.25) is 0 Å². The fraction of sp³-hybridized carbons (Fsp3) is 0.267. The molecule has 0 bridgehead atoms. The highest BCUT2D eigenvalue weighted by atomic mass is 79.9. The predicted octanol–water partition coefficient (Wildman–Crippen LogP) is 4.42. The molecule has 0 aliphatic heterocycles. The number of nitrogens with one attached hydrogen (secondary N) is 1. The van der Waals surface area contributed by atoms with Crippen molar-refractivity contribution in [2.45, 2.75) is 24.4 Å². The summed E-state index contributed by atoms with van der Waals surface area (Å²) in [6.07, 6.45) is 3.92. The molecule has 1 N–H and O–H groups in total. The lowest BCUT2D eigenvalue weighted by Gasteiger charge is -2.14. The molecule has 0 spiro atoms. The molecule has 1 heterocycles. The van der Waals surface area contributed by atoms with E-state index in [9.17, 15) is 0 Å². The van der Waals surface area contributed by atoms with Gasteiger partial charge in [0.2, 0.25) is 0 Å². The number of nitrogens with zero attached hydrogens (tertiary/aromatic N) is 1. The zero-order valence-electron chi connectivity index (χ0n) is 11.1. The van der Waals surface area contributed by atoms with Crippen LogP contribution in [0.25, 0.3) is 0 Å². The third kappa shape index (κ3) is 4.34. The maximum absolute atomic E-state index is 4.36. The van der Waals surface area contributed by atoms with E-state index in [-0.39, 0.29) is 0 Å². The van der Waals surface area contributed by atoms with Crippen molar-refractivity contribution in [1.82, 2.24) is 10.3 Å². The molecule has 1 unspecified atom stereocenters. The van der Waals surface area contributed by atoms with Crippen LogP contribution in [-0.4, -0.2) is 11.2 Å². The van der Waals surface area contributed by atoms with Gasteiger partial charge in [0.15, 0.2) is 0 Å². The highest BCUT2D eigenvalue weighted by molar-refractivity contribution is 9.10. The summed E-state index contributed by atoms with van der Waals surface area (Å²) >= 11 is 5.16. The van der Waals surface area contributed by atoms with Crippen molar-refractivity contribution < 1.29 is 0 Å². The number of thioether (sulfide) groups is 1. The molecule has 2 nitrogen and oxygen atoms in total. The molecule has 0 radical (unpaired) electrons. The minimum absolute atomic E-state index is 0.321. The standard InChI is InChI=1S/C15H17BrN2S/c1-11(12-3-7-15(19-2)8-4-12)17-10-14-6-5-13(16)9-18-14/h3-9,11,17H,10H2,1-2H3. The maximum Gasteiger partial charge on any atom is 0.0542 e. The average molecular weight is 337 g/mol. The zero-order chi connectivity index (χ0) is 13.7. The predicted molar refractivity (Wildman–Crippen MR) is 85.4 cm³/mol. The van der Waals surface area contributed by atoms with Gasteiger partial charge in [0.1, 0.15) is 0 Å². The van der Waals surface area contributed by atoms with Crippen molar-refractivity contribution in [2.24, 2.45) is 0 Å². The van der Waals surface area contributed by atoms with Crippen LogP contribution in [0, 0.1) is 0 Å². The Balaban J connectivity index is 1.93. The van der Waals surface area contributed by atoms with Crippen molar-refractivity contribution in [2.75, 3.05) is 6.26 Å². The van der Waals surface area contributed by atoms with Gasteiger partial charge in [0, 0.05) is 28.2 Å². The van der Waals surface area contributed by atoms with Gasteiger partial charge in [-0.1, -0.05) is 12.1 Å². The van der Waals surface area contributed by atoms with Crippen LogP contribution in [0.15, 0.2) is 52.0 Å². The molecule has 0 aliphatic rings. The Kier molecular flexibility index (Phi) is 5.43. The van der Waals surface area contributed by atoms with Gasteiger partial charge in [0.25, 0.3) is 0 Å². The Labute approximate surface area is 127 Å². The summed E-state index contributed by atoms with van der Waals surface area (Å²) < 4.78 is 1.01. The zero-order valence-corrected chi connectivity index (χ0v) is 13.5. The molecule has 0 saturated heterocycles. The van der Waals surface area contributed by atoms with Crippen molar-refractivity contribution in [3.05, 3.63) is 58.3 Å². The first kappa shape index (κ1) is 14.6. The number of halogens is 1. The molecule has 1 atom stereocenters. The average Bonchev–Trinajstić information content (AvgIpc) is 2.46. The highest BCUT2D eigenvalue weighted by Crippen LogP contribution is 2.19. The first-order valence-electron chi connectivity index (χ1n) is 6.17. The molecule has 0 fully saturated rings. The van der Waals surface area contributed by atoms with Gasteiger partial charge in [-0.25, -0.2) is 0 Å². The Morgan fingerprint density at radius 3 is 2.53 bits per heavy atom. The summed E-state index contributed by atoms with van der Waals surface area (Å²) in [5, 5.41) is 3.49. The normalized spacial score (nSPS) is 12.4. The van der Waals surface area contributed by atoms with Gasteiger partial charge in [-0.05, 0) is 58.9 Å². The summed E-state index contributed by atoms with van der Waals surface area (Å²) in [7, 11) is 0. The van der Waals surface area contributed by atoms with Crippen LogP contribution in [-0.2, 0) is 6.54 Å². The van der Waals surface area contributed by atoms with Crippen LogP contribution in [0.5, 0.6) is 0 Å². The number of hydrogen-bond acceptors (Lipinski definition) is 3. The fourth-order valence-electron chi connectivity index (χ4n) is 1.78. The number of pyridine rings is 1. The van der Waals surface area contributed by atoms with Crippen molar-refractivity contribution in [3.8, 4) is 0 Å². The number of benzene rings is 1. The molecule has 0 saturated carbocycles. The first-order valence-corrected chi connectivity index (χ1v) is 8.18. The number of rotatable bonds is 5. The van der Waals surface area contributed by atoms with Crippen molar-refractivity contribution >= 4 is 27.7 Å². The van der Waals surface area contributed by atoms with E-state index in [4.69, 9.17) is 0 Å². The molecule has 100 valence electrons. The summed E-state index contributed by atoms with van der Waals surface area (Å²) in [5.41, 5.74) is 2.35. The third-order valence-corrected chi connectivity index (χ3v) is 4.21. The lowest BCUT2D eigenvalue weighted by Crippen LogP contribution is -2.18. The molecule has 2 aromatic rings. The minimum atomic E-state index is 0.321. The van der Waals surface area contributed by atoms with E-state index in [1.165, 1.54) is 10.5 Å².